The third kappa shape index (κ3) is 2.65. The first kappa shape index (κ1) is 12.9. The maximum absolute atomic E-state index is 11.9. The highest BCUT2D eigenvalue weighted by Crippen LogP contribution is 2.32. The minimum Gasteiger partial charge on any atom is -0.493 e. The highest BCUT2D eigenvalue weighted by Gasteiger charge is 2.13. The zero-order valence-corrected chi connectivity index (χ0v) is 10.9. The average Bonchev–Trinajstić information content (AvgIpc) is 2.94. The quantitative estimate of drug-likeness (QED) is 0.869. The maximum atomic E-state index is 11.9. The molecule has 0 aliphatic carbocycles. The van der Waals surface area contributed by atoms with Crippen molar-refractivity contribution in [3.8, 4) is 11.5 Å². The minimum absolute atomic E-state index is 0.217. The molecule has 0 saturated heterocycles. The number of rotatable bonds is 4. The molecule has 0 aliphatic heterocycles. The molecule has 19 heavy (non-hydrogen) atoms. The van der Waals surface area contributed by atoms with E-state index >= 15 is 0 Å². The molecule has 7 heteroatoms. The van der Waals surface area contributed by atoms with E-state index in [4.69, 9.17) is 9.47 Å². The van der Waals surface area contributed by atoms with E-state index in [0.717, 1.165) is 5.56 Å². The van der Waals surface area contributed by atoms with Crippen LogP contribution in [0.25, 0.3) is 0 Å². The summed E-state index contributed by atoms with van der Waals surface area (Å²) in [6.45, 7) is 1.86. The number of ether oxygens (including phenoxy) is 2. The van der Waals surface area contributed by atoms with Crippen LogP contribution in [-0.4, -0.2) is 35.5 Å². The number of aryl methyl sites for hydroxylation is 1. The van der Waals surface area contributed by atoms with Crippen molar-refractivity contribution < 1.29 is 14.3 Å². The first-order valence-electron chi connectivity index (χ1n) is 5.55. The van der Waals surface area contributed by atoms with Gasteiger partial charge in [-0.2, -0.15) is 15.4 Å². The summed E-state index contributed by atoms with van der Waals surface area (Å²) in [5, 5.41) is 12.4. The molecule has 0 spiro atoms. The monoisotopic (exact) mass is 262 g/mol. The number of amides is 1. The lowest BCUT2D eigenvalue weighted by Crippen LogP contribution is -2.13. The summed E-state index contributed by atoms with van der Waals surface area (Å²) < 4.78 is 10.4. The second-order valence-corrected chi connectivity index (χ2v) is 3.83. The molecule has 7 nitrogen and oxygen atoms in total. The number of carbonyl (C=O) groups excluding carboxylic acids is 1. The van der Waals surface area contributed by atoms with E-state index in [1.807, 2.05) is 6.92 Å². The van der Waals surface area contributed by atoms with Gasteiger partial charge >= 0.3 is 0 Å². The van der Waals surface area contributed by atoms with Gasteiger partial charge in [0.2, 0.25) is 0 Å². The molecular weight excluding hydrogens is 248 g/mol. The summed E-state index contributed by atoms with van der Waals surface area (Å²) in [5.41, 5.74) is 1.70. The highest BCUT2D eigenvalue weighted by atomic mass is 16.5. The van der Waals surface area contributed by atoms with Crippen molar-refractivity contribution in [2.24, 2.45) is 0 Å². The zero-order valence-electron chi connectivity index (χ0n) is 10.9. The molecule has 0 unspecified atom stereocenters. The summed E-state index contributed by atoms with van der Waals surface area (Å²) >= 11 is 0. The number of benzene rings is 1. The fraction of sp³-hybridized carbons (Fsp3) is 0.250. The van der Waals surface area contributed by atoms with Crippen molar-refractivity contribution in [1.29, 1.82) is 0 Å². The first-order chi connectivity index (χ1) is 9.15. The Bertz CT molecular complexity index is 581. The Kier molecular flexibility index (Phi) is 3.65. The molecule has 0 saturated carbocycles. The van der Waals surface area contributed by atoms with Crippen LogP contribution in [0.2, 0.25) is 0 Å². The molecular formula is C12H14N4O3. The molecule has 0 bridgehead atoms. The Balaban J connectivity index is 2.28. The number of nitrogens with zero attached hydrogens (tertiary/aromatic N) is 2. The van der Waals surface area contributed by atoms with Crippen molar-refractivity contribution in [2.45, 2.75) is 6.92 Å². The molecule has 0 fully saturated rings. The molecule has 1 aromatic carbocycles. The van der Waals surface area contributed by atoms with Crippen LogP contribution in [0.3, 0.4) is 0 Å². The molecule has 1 amide bonds. The zero-order chi connectivity index (χ0) is 13.8. The van der Waals surface area contributed by atoms with E-state index in [-0.39, 0.29) is 11.6 Å². The summed E-state index contributed by atoms with van der Waals surface area (Å²) in [7, 11) is 3.10. The fourth-order valence-electron chi connectivity index (χ4n) is 1.61. The molecule has 100 valence electrons. The maximum Gasteiger partial charge on any atom is 0.277 e. The number of nitrogens with one attached hydrogen (secondary N) is 2. The van der Waals surface area contributed by atoms with Gasteiger partial charge in [0, 0.05) is 11.8 Å². The van der Waals surface area contributed by atoms with E-state index in [2.05, 4.69) is 20.7 Å². The van der Waals surface area contributed by atoms with Crippen molar-refractivity contribution in [2.75, 3.05) is 19.5 Å². The third-order valence-electron chi connectivity index (χ3n) is 2.63. The summed E-state index contributed by atoms with van der Waals surface area (Å²) in [5.74, 6) is 0.812. The van der Waals surface area contributed by atoms with Gasteiger partial charge in [-0.3, -0.25) is 4.79 Å². The number of aromatic amines is 1. The lowest BCUT2D eigenvalue weighted by Gasteiger charge is -2.13. The van der Waals surface area contributed by atoms with Crippen LogP contribution in [0.5, 0.6) is 11.5 Å². The Labute approximate surface area is 109 Å². The topological polar surface area (TPSA) is 89.1 Å². The van der Waals surface area contributed by atoms with Crippen LogP contribution in [0.4, 0.5) is 5.69 Å². The van der Waals surface area contributed by atoms with Gasteiger partial charge in [0.1, 0.15) is 0 Å². The van der Waals surface area contributed by atoms with Crippen LogP contribution in [0.15, 0.2) is 18.3 Å². The molecule has 2 aromatic rings. The number of hydrogen-bond donors (Lipinski definition) is 2. The molecule has 0 atom stereocenters. The van der Waals surface area contributed by atoms with Crippen LogP contribution < -0.4 is 14.8 Å². The van der Waals surface area contributed by atoms with E-state index in [1.165, 1.54) is 13.3 Å². The van der Waals surface area contributed by atoms with Crippen LogP contribution in [-0.2, 0) is 0 Å². The third-order valence-corrected chi connectivity index (χ3v) is 2.63. The lowest BCUT2D eigenvalue weighted by atomic mass is 10.1. The molecule has 0 aliphatic rings. The van der Waals surface area contributed by atoms with E-state index in [1.54, 1.807) is 19.2 Å². The van der Waals surface area contributed by atoms with E-state index in [0.29, 0.717) is 17.2 Å². The SMILES string of the molecule is COc1cc(C)c(NC(=O)c2cn[nH]n2)cc1OC. The number of H-pyrrole nitrogens is 1. The van der Waals surface area contributed by atoms with Gasteiger partial charge in [-0.05, 0) is 18.6 Å². The van der Waals surface area contributed by atoms with Gasteiger partial charge < -0.3 is 14.8 Å². The molecule has 2 N–H and O–H groups in total. The van der Waals surface area contributed by atoms with E-state index in [9.17, 15) is 4.79 Å². The number of aromatic nitrogens is 3. The van der Waals surface area contributed by atoms with Gasteiger partial charge in [-0.25, -0.2) is 0 Å². The second-order valence-electron chi connectivity index (χ2n) is 3.83. The fourth-order valence-corrected chi connectivity index (χ4v) is 1.61. The number of carbonyl (C=O) groups is 1. The Morgan fingerprint density at radius 2 is 1.95 bits per heavy atom. The predicted octanol–water partition coefficient (Wildman–Crippen LogP) is 1.38. The molecule has 0 radical (unpaired) electrons. The van der Waals surface area contributed by atoms with Gasteiger partial charge in [-0.15, -0.1) is 0 Å². The number of anilines is 1. The smallest absolute Gasteiger partial charge is 0.277 e. The van der Waals surface area contributed by atoms with Gasteiger partial charge in [0.25, 0.3) is 5.91 Å². The summed E-state index contributed by atoms with van der Waals surface area (Å²) in [6, 6.07) is 3.49. The first-order valence-corrected chi connectivity index (χ1v) is 5.55. The van der Waals surface area contributed by atoms with Gasteiger partial charge in [-0.1, -0.05) is 0 Å². The minimum atomic E-state index is -0.343. The van der Waals surface area contributed by atoms with Crippen molar-refractivity contribution in [3.05, 3.63) is 29.6 Å². The summed E-state index contributed by atoms with van der Waals surface area (Å²) in [6.07, 6.45) is 1.35. The number of hydrogen-bond acceptors (Lipinski definition) is 5. The molecule has 2 rings (SSSR count). The van der Waals surface area contributed by atoms with Crippen molar-refractivity contribution in [3.63, 3.8) is 0 Å². The van der Waals surface area contributed by atoms with Gasteiger partial charge in [0.15, 0.2) is 17.2 Å². The van der Waals surface area contributed by atoms with Crippen LogP contribution in [0.1, 0.15) is 16.1 Å². The molecule has 1 aromatic heterocycles. The van der Waals surface area contributed by atoms with Crippen molar-refractivity contribution >= 4 is 11.6 Å². The average molecular weight is 262 g/mol. The lowest BCUT2D eigenvalue weighted by molar-refractivity contribution is 0.102. The van der Waals surface area contributed by atoms with Crippen LogP contribution >= 0.6 is 0 Å². The van der Waals surface area contributed by atoms with Gasteiger partial charge in [0.05, 0.1) is 20.4 Å². The second kappa shape index (κ2) is 5.38. The normalized spacial score (nSPS) is 10.1. The Morgan fingerprint density at radius 1 is 1.26 bits per heavy atom. The standard InChI is InChI=1S/C12H14N4O3/c1-7-4-10(18-2)11(19-3)5-8(7)14-12(17)9-6-13-16-15-9/h4-6H,1-3H3,(H,14,17)(H,13,15,16). The predicted molar refractivity (Wildman–Crippen MR) is 68.6 cm³/mol. The number of methoxy groups -OCH3 is 2. The van der Waals surface area contributed by atoms with Crippen molar-refractivity contribution in [1.82, 2.24) is 15.4 Å². The van der Waals surface area contributed by atoms with E-state index < -0.39 is 0 Å². The Hall–Kier alpha value is -2.57. The highest BCUT2D eigenvalue weighted by molar-refractivity contribution is 6.03. The summed E-state index contributed by atoms with van der Waals surface area (Å²) in [4.78, 5) is 11.9. The largest absolute Gasteiger partial charge is 0.493 e. The Morgan fingerprint density at radius 3 is 2.53 bits per heavy atom. The van der Waals surface area contributed by atoms with Crippen LogP contribution in [0, 0.1) is 6.92 Å². The molecule has 1 heterocycles.